The van der Waals surface area contributed by atoms with Crippen molar-refractivity contribution in [2.24, 2.45) is 0 Å². The van der Waals surface area contributed by atoms with Crippen LogP contribution in [0.3, 0.4) is 0 Å². The normalized spacial score (nSPS) is 15.2. The minimum atomic E-state index is 0.589. The second kappa shape index (κ2) is 7.28. The van der Waals surface area contributed by atoms with Crippen molar-refractivity contribution in [3.8, 4) is 0 Å². The number of hydrogen-bond donors (Lipinski definition) is 1. The SMILES string of the molecule is Clc1ccccc1Nc1nc(N2CCCCCC2)c2ccccc2n1. The molecule has 0 unspecified atom stereocenters. The summed E-state index contributed by atoms with van der Waals surface area (Å²) in [6, 6.07) is 15.9. The zero-order chi connectivity index (χ0) is 17.1. The number of aromatic nitrogens is 2. The maximum atomic E-state index is 6.27. The molecule has 0 aliphatic carbocycles. The van der Waals surface area contributed by atoms with Gasteiger partial charge in [-0.05, 0) is 37.1 Å². The van der Waals surface area contributed by atoms with E-state index in [-0.39, 0.29) is 0 Å². The average molecular weight is 353 g/mol. The molecule has 0 saturated carbocycles. The third kappa shape index (κ3) is 3.54. The molecule has 2 heterocycles. The van der Waals surface area contributed by atoms with E-state index in [1.165, 1.54) is 25.7 Å². The molecule has 1 aromatic heterocycles. The summed E-state index contributed by atoms with van der Waals surface area (Å²) >= 11 is 6.27. The van der Waals surface area contributed by atoms with E-state index in [1.807, 2.05) is 42.5 Å². The summed E-state index contributed by atoms with van der Waals surface area (Å²) in [5, 5.41) is 5.05. The lowest BCUT2D eigenvalue weighted by molar-refractivity contribution is 0.726. The Morgan fingerprint density at radius 3 is 2.36 bits per heavy atom. The molecule has 3 aromatic rings. The van der Waals surface area contributed by atoms with Crippen LogP contribution < -0.4 is 10.2 Å². The third-order valence-corrected chi connectivity index (χ3v) is 4.94. The predicted octanol–water partition coefficient (Wildman–Crippen LogP) is 5.41. The van der Waals surface area contributed by atoms with E-state index in [0.29, 0.717) is 11.0 Å². The smallest absolute Gasteiger partial charge is 0.229 e. The maximum Gasteiger partial charge on any atom is 0.229 e. The van der Waals surface area contributed by atoms with Crippen LogP contribution in [0.25, 0.3) is 10.9 Å². The van der Waals surface area contributed by atoms with Crippen molar-refractivity contribution in [3.63, 3.8) is 0 Å². The number of nitrogens with one attached hydrogen (secondary N) is 1. The van der Waals surface area contributed by atoms with Crippen LogP contribution in [0.4, 0.5) is 17.5 Å². The number of nitrogens with zero attached hydrogens (tertiary/aromatic N) is 3. The van der Waals surface area contributed by atoms with Crippen molar-refractivity contribution in [3.05, 3.63) is 53.6 Å². The molecule has 5 heteroatoms. The largest absolute Gasteiger partial charge is 0.356 e. The highest BCUT2D eigenvalue weighted by molar-refractivity contribution is 6.33. The molecule has 4 rings (SSSR count). The van der Waals surface area contributed by atoms with Gasteiger partial charge in [-0.15, -0.1) is 0 Å². The third-order valence-electron chi connectivity index (χ3n) is 4.61. The van der Waals surface area contributed by atoms with Gasteiger partial charge in [0, 0.05) is 18.5 Å². The van der Waals surface area contributed by atoms with Gasteiger partial charge < -0.3 is 10.2 Å². The lowest BCUT2D eigenvalue weighted by atomic mass is 10.2. The molecule has 0 amide bonds. The summed E-state index contributed by atoms with van der Waals surface area (Å²) in [4.78, 5) is 11.9. The van der Waals surface area contributed by atoms with E-state index in [1.54, 1.807) is 0 Å². The molecule has 2 aromatic carbocycles. The Balaban J connectivity index is 1.76. The highest BCUT2D eigenvalue weighted by Crippen LogP contribution is 2.29. The second-order valence-electron chi connectivity index (χ2n) is 6.39. The van der Waals surface area contributed by atoms with Crippen LogP contribution in [-0.4, -0.2) is 23.1 Å². The minimum absolute atomic E-state index is 0.589. The van der Waals surface area contributed by atoms with Crippen molar-refractivity contribution >= 4 is 40.0 Å². The summed E-state index contributed by atoms with van der Waals surface area (Å²) in [5.74, 6) is 1.60. The van der Waals surface area contributed by atoms with Crippen LogP contribution in [0.5, 0.6) is 0 Å². The molecule has 0 spiro atoms. The maximum absolute atomic E-state index is 6.27. The molecule has 0 bridgehead atoms. The Kier molecular flexibility index (Phi) is 4.70. The molecular formula is C20H21ClN4. The fourth-order valence-electron chi connectivity index (χ4n) is 3.32. The van der Waals surface area contributed by atoms with E-state index in [0.717, 1.165) is 35.5 Å². The molecule has 4 nitrogen and oxygen atoms in total. The number of para-hydroxylation sites is 2. The molecule has 1 aliphatic rings. The van der Waals surface area contributed by atoms with Gasteiger partial charge in [0.25, 0.3) is 0 Å². The van der Waals surface area contributed by atoms with E-state index in [2.05, 4.69) is 21.3 Å². The summed E-state index contributed by atoms with van der Waals surface area (Å²) in [6.45, 7) is 2.10. The van der Waals surface area contributed by atoms with Gasteiger partial charge in [-0.25, -0.2) is 4.98 Å². The lowest BCUT2D eigenvalue weighted by Gasteiger charge is -2.23. The first-order chi connectivity index (χ1) is 12.3. The molecule has 1 fully saturated rings. The Bertz CT molecular complexity index is 872. The van der Waals surface area contributed by atoms with Crippen LogP contribution in [0.15, 0.2) is 48.5 Å². The summed E-state index contributed by atoms with van der Waals surface area (Å²) in [5.41, 5.74) is 1.77. The fourth-order valence-corrected chi connectivity index (χ4v) is 3.51. The zero-order valence-corrected chi connectivity index (χ0v) is 14.8. The molecule has 1 N–H and O–H groups in total. The monoisotopic (exact) mass is 352 g/mol. The number of benzene rings is 2. The van der Waals surface area contributed by atoms with E-state index in [4.69, 9.17) is 16.6 Å². The van der Waals surface area contributed by atoms with Crippen molar-refractivity contribution < 1.29 is 0 Å². The number of anilines is 3. The van der Waals surface area contributed by atoms with Crippen molar-refractivity contribution in [2.75, 3.05) is 23.3 Å². The predicted molar refractivity (Wildman–Crippen MR) is 105 cm³/mol. The number of fused-ring (bicyclic) bond motifs is 1. The molecule has 1 aliphatic heterocycles. The highest BCUT2D eigenvalue weighted by Gasteiger charge is 2.16. The zero-order valence-electron chi connectivity index (χ0n) is 14.1. The number of hydrogen-bond acceptors (Lipinski definition) is 4. The lowest BCUT2D eigenvalue weighted by Crippen LogP contribution is -2.25. The standard InChI is InChI=1S/C20H21ClN4/c21-16-10-4-6-12-18(16)23-20-22-17-11-5-3-9-15(17)19(24-20)25-13-7-1-2-8-14-25/h3-6,9-12H,1-2,7-8,13-14H2,(H,22,23,24). The molecule has 128 valence electrons. The van der Waals surface area contributed by atoms with Crippen LogP contribution in [-0.2, 0) is 0 Å². The van der Waals surface area contributed by atoms with Gasteiger partial charge in [-0.1, -0.05) is 48.7 Å². The van der Waals surface area contributed by atoms with Crippen molar-refractivity contribution in [1.82, 2.24) is 9.97 Å². The number of rotatable bonds is 3. The van der Waals surface area contributed by atoms with Gasteiger partial charge in [0.15, 0.2) is 0 Å². The fraction of sp³-hybridized carbons (Fsp3) is 0.300. The topological polar surface area (TPSA) is 41.1 Å². The molecule has 0 atom stereocenters. The summed E-state index contributed by atoms with van der Waals surface area (Å²) in [6.07, 6.45) is 5.02. The Hall–Kier alpha value is -2.33. The van der Waals surface area contributed by atoms with Crippen LogP contribution in [0.2, 0.25) is 5.02 Å². The van der Waals surface area contributed by atoms with Crippen LogP contribution in [0.1, 0.15) is 25.7 Å². The highest BCUT2D eigenvalue weighted by atomic mass is 35.5. The summed E-state index contributed by atoms with van der Waals surface area (Å²) in [7, 11) is 0. The van der Waals surface area contributed by atoms with E-state index >= 15 is 0 Å². The van der Waals surface area contributed by atoms with Gasteiger partial charge in [0.1, 0.15) is 5.82 Å². The Labute approximate surface area is 152 Å². The van der Waals surface area contributed by atoms with Gasteiger partial charge in [-0.3, -0.25) is 0 Å². The molecule has 1 saturated heterocycles. The van der Waals surface area contributed by atoms with Gasteiger partial charge in [0.2, 0.25) is 5.95 Å². The first-order valence-electron chi connectivity index (χ1n) is 8.84. The number of halogens is 1. The van der Waals surface area contributed by atoms with Crippen LogP contribution in [0, 0.1) is 0 Å². The van der Waals surface area contributed by atoms with Crippen molar-refractivity contribution in [2.45, 2.75) is 25.7 Å². The minimum Gasteiger partial charge on any atom is -0.356 e. The van der Waals surface area contributed by atoms with Gasteiger partial charge >= 0.3 is 0 Å². The van der Waals surface area contributed by atoms with Gasteiger partial charge in [0.05, 0.1) is 16.2 Å². The Morgan fingerprint density at radius 1 is 0.840 bits per heavy atom. The van der Waals surface area contributed by atoms with Gasteiger partial charge in [-0.2, -0.15) is 4.98 Å². The second-order valence-corrected chi connectivity index (χ2v) is 6.80. The van der Waals surface area contributed by atoms with Crippen molar-refractivity contribution in [1.29, 1.82) is 0 Å². The average Bonchev–Trinajstić information content (AvgIpc) is 2.92. The molecular weight excluding hydrogens is 332 g/mol. The first kappa shape index (κ1) is 16.2. The van der Waals surface area contributed by atoms with Crippen LogP contribution >= 0.6 is 11.6 Å². The van der Waals surface area contributed by atoms with E-state index in [9.17, 15) is 0 Å². The quantitative estimate of drug-likeness (QED) is 0.684. The summed E-state index contributed by atoms with van der Waals surface area (Å²) < 4.78 is 0. The molecule has 25 heavy (non-hydrogen) atoms. The molecule has 0 radical (unpaired) electrons. The van der Waals surface area contributed by atoms with E-state index < -0.39 is 0 Å². The Morgan fingerprint density at radius 2 is 1.56 bits per heavy atom. The first-order valence-corrected chi connectivity index (χ1v) is 9.22.